The lowest BCUT2D eigenvalue weighted by atomic mass is 10.6. The molecule has 1 aliphatic rings. The van der Waals surface area contributed by atoms with Crippen molar-refractivity contribution in [2.24, 2.45) is 0 Å². The summed E-state index contributed by atoms with van der Waals surface area (Å²) in [5, 5.41) is 6.54. The van der Waals surface area contributed by atoms with Crippen molar-refractivity contribution in [1.29, 1.82) is 0 Å². The van der Waals surface area contributed by atoms with E-state index in [1.807, 2.05) is 0 Å². The number of thioether (sulfide) groups is 1. The maximum atomic E-state index is 3.27. The molecule has 1 aliphatic heterocycles. The zero-order valence-electron chi connectivity index (χ0n) is 5.39. The maximum Gasteiger partial charge on any atom is 0.0307 e. The monoisotopic (exact) mass is 144 g/mol. The summed E-state index contributed by atoms with van der Waals surface area (Å²) in [7, 11) is 0. The Balaban J connectivity index is 2.02. The molecule has 0 amide bonds. The smallest absolute Gasteiger partial charge is 0.0307 e. The van der Waals surface area contributed by atoms with E-state index >= 15 is 0 Å². The number of rotatable bonds is 0. The third-order valence-electron chi connectivity index (χ3n) is 1.13. The van der Waals surface area contributed by atoms with Crippen molar-refractivity contribution in [1.82, 2.24) is 10.6 Å². The van der Waals surface area contributed by atoms with E-state index in [4.69, 9.17) is 0 Å². The van der Waals surface area contributed by atoms with Crippen LogP contribution in [0.4, 0.5) is 0 Å². The Bertz CT molecular complexity index is 39.5. The average Bonchev–Trinajstić information content (AvgIpc) is 2.00. The van der Waals surface area contributed by atoms with E-state index in [0.717, 1.165) is 26.2 Å². The third-order valence-corrected chi connectivity index (χ3v) is 1.84. The Morgan fingerprint density at radius 2 is 1.56 bits per heavy atom. The van der Waals surface area contributed by atoms with Gasteiger partial charge in [0.05, 0.1) is 0 Å². The van der Waals surface area contributed by atoms with Gasteiger partial charge in [-0.05, 0) is 0 Å². The van der Waals surface area contributed by atoms with Crippen LogP contribution < -0.4 is 10.6 Å². The zero-order chi connectivity index (χ0) is 6.36. The average molecular weight is 144 g/mol. The Morgan fingerprint density at radius 1 is 1.00 bits per heavy atom. The van der Waals surface area contributed by atoms with Crippen LogP contribution in [0.2, 0.25) is 0 Å². The molecule has 0 aromatic rings. The molecule has 0 saturated carbocycles. The molecule has 52 valence electrons. The molecule has 0 aromatic heterocycles. The second kappa shape index (κ2) is 5.09. The fraction of sp³-hybridized carbons (Fsp3) is 0.667. The maximum absolute atomic E-state index is 3.27. The van der Waals surface area contributed by atoms with Gasteiger partial charge in [-0.2, -0.15) is 11.8 Å². The van der Waals surface area contributed by atoms with Gasteiger partial charge in [0, 0.05) is 37.7 Å². The van der Waals surface area contributed by atoms with Gasteiger partial charge in [-0.25, -0.2) is 0 Å². The molecule has 0 atom stereocenters. The minimum Gasteiger partial charge on any atom is -0.314 e. The van der Waals surface area contributed by atoms with Crippen LogP contribution in [0.5, 0.6) is 0 Å². The van der Waals surface area contributed by atoms with Crippen LogP contribution in [0.1, 0.15) is 0 Å². The van der Waals surface area contributed by atoms with Crippen molar-refractivity contribution < 1.29 is 0 Å². The summed E-state index contributed by atoms with van der Waals surface area (Å²) < 4.78 is 0. The van der Waals surface area contributed by atoms with Gasteiger partial charge in [-0.1, -0.05) is 0 Å². The lowest BCUT2D eigenvalue weighted by molar-refractivity contribution is 0.666. The molecular formula is C6H12N2S. The lowest BCUT2D eigenvalue weighted by Gasteiger charge is -1.99. The van der Waals surface area contributed by atoms with Crippen molar-refractivity contribution in [2.75, 3.05) is 26.2 Å². The number of hydrogen-bond donors (Lipinski definition) is 2. The van der Waals surface area contributed by atoms with Gasteiger partial charge in [0.2, 0.25) is 0 Å². The van der Waals surface area contributed by atoms with E-state index in [1.165, 1.54) is 0 Å². The first-order valence-corrected chi connectivity index (χ1v) is 4.14. The summed E-state index contributed by atoms with van der Waals surface area (Å²) in [6, 6.07) is 0. The largest absolute Gasteiger partial charge is 0.314 e. The van der Waals surface area contributed by atoms with E-state index in [2.05, 4.69) is 22.1 Å². The molecular weight excluding hydrogens is 132 g/mol. The van der Waals surface area contributed by atoms with Gasteiger partial charge in [-0.15, -0.1) is 0 Å². The highest BCUT2D eigenvalue weighted by molar-refractivity contribution is 8.03. The Hall–Kier alpha value is 0.270. The minimum absolute atomic E-state index is 1.02. The van der Waals surface area contributed by atoms with E-state index in [9.17, 15) is 0 Å². The predicted octanol–water partition coefficient (Wildman–Crippen LogP) is 0.236. The summed E-state index contributed by atoms with van der Waals surface area (Å²) in [5.41, 5.74) is 0. The van der Waals surface area contributed by atoms with Gasteiger partial charge in [0.1, 0.15) is 0 Å². The third kappa shape index (κ3) is 3.78. The molecule has 0 spiro atoms. The predicted molar refractivity (Wildman–Crippen MR) is 41.9 cm³/mol. The highest BCUT2D eigenvalue weighted by atomic mass is 32.2. The SMILES string of the molecule is [CH]1CNCCNC[CH]S1. The topological polar surface area (TPSA) is 24.1 Å². The highest BCUT2D eigenvalue weighted by Crippen LogP contribution is 2.07. The molecule has 2 N–H and O–H groups in total. The van der Waals surface area contributed by atoms with E-state index in [1.54, 1.807) is 11.8 Å². The normalized spacial score (nSPS) is 24.0. The van der Waals surface area contributed by atoms with Crippen molar-refractivity contribution in [3.63, 3.8) is 0 Å². The summed E-state index contributed by atoms with van der Waals surface area (Å²) in [5.74, 6) is 4.35. The van der Waals surface area contributed by atoms with Crippen LogP contribution in [-0.4, -0.2) is 26.2 Å². The molecule has 1 fully saturated rings. The molecule has 0 unspecified atom stereocenters. The fourth-order valence-electron chi connectivity index (χ4n) is 0.663. The van der Waals surface area contributed by atoms with Crippen molar-refractivity contribution in [2.45, 2.75) is 0 Å². The van der Waals surface area contributed by atoms with Gasteiger partial charge >= 0.3 is 0 Å². The summed E-state index contributed by atoms with van der Waals surface area (Å²) in [6.45, 7) is 4.18. The second-order valence-corrected chi connectivity index (χ2v) is 2.82. The van der Waals surface area contributed by atoms with Gasteiger partial charge in [-0.3, -0.25) is 0 Å². The van der Waals surface area contributed by atoms with E-state index in [0.29, 0.717) is 0 Å². The van der Waals surface area contributed by atoms with Crippen LogP contribution in [0, 0.1) is 11.5 Å². The number of nitrogens with one attached hydrogen (secondary N) is 2. The molecule has 0 aliphatic carbocycles. The van der Waals surface area contributed by atoms with Gasteiger partial charge in [0.25, 0.3) is 0 Å². The molecule has 3 heteroatoms. The van der Waals surface area contributed by atoms with Crippen LogP contribution in [0.25, 0.3) is 0 Å². The van der Waals surface area contributed by atoms with Gasteiger partial charge < -0.3 is 10.6 Å². The van der Waals surface area contributed by atoms with Crippen LogP contribution in [-0.2, 0) is 0 Å². The number of hydrogen-bond acceptors (Lipinski definition) is 3. The van der Waals surface area contributed by atoms with E-state index < -0.39 is 0 Å². The second-order valence-electron chi connectivity index (χ2n) is 1.88. The van der Waals surface area contributed by atoms with Crippen LogP contribution in [0.15, 0.2) is 0 Å². The quantitative estimate of drug-likeness (QED) is 0.509. The standard InChI is InChI=1S/C6H12N2S/c1-2-8-4-6-9-5-3-7-1/h5-8H,1-4H2. The van der Waals surface area contributed by atoms with Crippen LogP contribution in [0.3, 0.4) is 0 Å². The molecule has 1 heterocycles. The van der Waals surface area contributed by atoms with Crippen molar-refractivity contribution in [3.8, 4) is 0 Å². The highest BCUT2D eigenvalue weighted by Gasteiger charge is 1.94. The first-order chi connectivity index (χ1) is 4.50. The molecule has 2 nitrogen and oxygen atoms in total. The first-order valence-electron chi connectivity index (χ1n) is 3.20. The summed E-state index contributed by atoms with van der Waals surface area (Å²) in [6.07, 6.45) is 0. The van der Waals surface area contributed by atoms with Gasteiger partial charge in [0.15, 0.2) is 0 Å². The molecule has 9 heavy (non-hydrogen) atoms. The molecule has 0 aromatic carbocycles. The van der Waals surface area contributed by atoms with Crippen LogP contribution >= 0.6 is 11.8 Å². The Morgan fingerprint density at radius 3 is 2.11 bits per heavy atom. The summed E-state index contributed by atoms with van der Waals surface area (Å²) in [4.78, 5) is 0. The fourth-order valence-corrected chi connectivity index (χ4v) is 1.23. The summed E-state index contributed by atoms with van der Waals surface area (Å²) >= 11 is 1.77. The van der Waals surface area contributed by atoms with E-state index in [-0.39, 0.29) is 0 Å². The zero-order valence-corrected chi connectivity index (χ0v) is 6.21. The molecule has 0 bridgehead atoms. The van der Waals surface area contributed by atoms with Crippen molar-refractivity contribution in [3.05, 3.63) is 11.5 Å². The molecule has 1 rings (SSSR count). The molecule has 1 saturated heterocycles. The lowest BCUT2D eigenvalue weighted by Crippen LogP contribution is -2.26. The Labute approximate surface area is 60.8 Å². The minimum atomic E-state index is 1.02. The van der Waals surface area contributed by atoms with Crippen molar-refractivity contribution >= 4 is 11.8 Å². The Kier molecular flexibility index (Phi) is 4.17. The first kappa shape index (κ1) is 7.38. The molecule has 2 radical (unpaired) electrons.